The zero-order chi connectivity index (χ0) is 14.5. The molecule has 1 N–H and O–H groups in total. The van der Waals surface area contributed by atoms with E-state index in [0.717, 1.165) is 13.1 Å². The van der Waals surface area contributed by atoms with Gasteiger partial charge in [0.2, 0.25) is 0 Å². The van der Waals surface area contributed by atoms with Crippen molar-refractivity contribution in [1.29, 1.82) is 0 Å². The van der Waals surface area contributed by atoms with Crippen molar-refractivity contribution in [3.8, 4) is 0 Å². The fourth-order valence-corrected chi connectivity index (χ4v) is 3.39. The Morgan fingerprint density at radius 3 is 2.75 bits per heavy atom. The number of fused-ring (bicyclic) bond motifs is 1. The molecule has 20 heavy (non-hydrogen) atoms. The van der Waals surface area contributed by atoms with Crippen LogP contribution in [0.1, 0.15) is 30.2 Å². The first-order valence-electron chi connectivity index (χ1n) is 7.49. The average Bonchev–Trinajstić information content (AvgIpc) is 2.68. The van der Waals surface area contributed by atoms with Gasteiger partial charge in [-0.25, -0.2) is 0 Å². The van der Waals surface area contributed by atoms with Crippen LogP contribution >= 0.6 is 11.8 Å². The number of hydrogen-bond donors (Lipinski definition) is 1. The largest absolute Gasteiger partial charge is 0.345 e. The number of nitrogens with zero attached hydrogens (tertiary/aromatic N) is 1. The molecular weight excluding hydrogens is 264 g/mol. The first-order valence-corrected chi connectivity index (χ1v) is 8.65. The van der Waals surface area contributed by atoms with Gasteiger partial charge in [-0.15, -0.1) is 0 Å². The summed E-state index contributed by atoms with van der Waals surface area (Å²) in [5.74, 6) is 2.48. The van der Waals surface area contributed by atoms with Crippen LogP contribution in [0, 0.1) is 13.8 Å². The number of aryl methyl sites for hydroxylation is 2. The normalized spacial score (nSPS) is 11.4. The molecule has 110 valence electrons. The van der Waals surface area contributed by atoms with Crippen molar-refractivity contribution in [2.45, 2.75) is 40.3 Å². The van der Waals surface area contributed by atoms with E-state index in [9.17, 15) is 0 Å². The Bertz CT molecular complexity index is 572. The number of benzene rings is 1. The number of rotatable bonds is 7. The van der Waals surface area contributed by atoms with Crippen LogP contribution in [0.15, 0.2) is 18.2 Å². The fraction of sp³-hybridized carbons (Fsp3) is 0.529. The van der Waals surface area contributed by atoms with E-state index >= 15 is 0 Å². The molecule has 0 atom stereocenters. The maximum Gasteiger partial charge on any atom is 0.0485 e. The van der Waals surface area contributed by atoms with Gasteiger partial charge in [0.15, 0.2) is 0 Å². The molecular formula is C17H26N2S. The van der Waals surface area contributed by atoms with Crippen LogP contribution in [-0.2, 0) is 13.1 Å². The van der Waals surface area contributed by atoms with Crippen molar-refractivity contribution in [1.82, 2.24) is 9.88 Å². The third kappa shape index (κ3) is 3.21. The number of thioether (sulfide) groups is 1. The molecule has 0 aliphatic heterocycles. The lowest BCUT2D eigenvalue weighted by atomic mass is 10.1. The highest BCUT2D eigenvalue weighted by molar-refractivity contribution is 7.99. The van der Waals surface area contributed by atoms with Crippen molar-refractivity contribution >= 4 is 22.7 Å². The molecule has 2 rings (SSSR count). The molecule has 1 aromatic carbocycles. The molecule has 0 spiro atoms. The standard InChI is InChI=1S/C17H26N2S/c1-5-20-10-6-9-19-14(3)13(2)16-11-15(12-18-4)7-8-17(16)19/h7-8,11,18H,5-6,9-10,12H2,1-4H3. The van der Waals surface area contributed by atoms with E-state index in [4.69, 9.17) is 0 Å². The minimum atomic E-state index is 0.937. The third-order valence-electron chi connectivity index (χ3n) is 3.96. The Kier molecular flexibility index (Phi) is 5.55. The van der Waals surface area contributed by atoms with Crippen LogP contribution in [0.4, 0.5) is 0 Å². The zero-order valence-corrected chi connectivity index (χ0v) is 13.9. The second-order valence-corrected chi connectivity index (χ2v) is 6.69. The van der Waals surface area contributed by atoms with Crippen LogP contribution in [0.5, 0.6) is 0 Å². The van der Waals surface area contributed by atoms with E-state index in [1.165, 1.54) is 45.7 Å². The van der Waals surface area contributed by atoms with E-state index in [1.54, 1.807) is 0 Å². The Labute approximate surface area is 126 Å². The molecule has 0 bridgehead atoms. The summed E-state index contributed by atoms with van der Waals surface area (Å²) >= 11 is 2.03. The summed E-state index contributed by atoms with van der Waals surface area (Å²) in [6, 6.07) is 6.87. The van der Waals surface area contributed by atoms with Crippen LogP contribution in [0.25, 0.3) is 10.9 Å². The Hall–Kier alpha value is -0.930. The van der Waals surface area contributed by atoms with Crippen LogP contribution < -0.4 is 5.32 Å². The molecule has 0 unspecified atom stereocenters. The minimum Gasteiger partial charge on any atom is -0.345 e. The summed E-state index contributed by atoms with van der Waals surface area (Å²) < 4.78 is 2.49. The molecule has 0 saturated heterocycles. The van der Waals surface area contributed by atoms with Crippen molar-refractivity contribution < 1.29 is 0 Å². The smallest absolute Gasteiger partial charge is 0.0485 e. The molecule has 0 aliphatic rings. The van der Waals surface area contributed by atoms with Gasteiger partial charge < -0.3 is 9.88 Å². The lowest BCUT2D eigenvalue weighted by Crippen LogP contribution is -2.05. The van der Waals surface area contributed by atoms with Gasteiger partial charge in [-0.05, 0) is 62.1 Å². The molecule has 0 saturated carbocycles. The van der Waals surface area contributed by atoms with E-state index in [2.05, 4.69) is 48.9 Å². The summed E-state index contributed by atoms with van der Waals surface area (Å²) in [6.45, 7) is 8.80. The highest BCUT2D eigenvalue weighted by atomic mass is 32.2. The summed E-state index contributed by atoms with van der Waals surface area (Å²) in [5.41, 5.74) is 5.60. The average molecular weight is 290 g/mol. The van der Waals surface area contributed by atoms with Gasteiger partial charge in [0, 0.05) is 29.7 Å². The Morgan fingerprint density at radius 1 is 1.25 bits per heavy atom. The second-order valence-electron chi connectivity index (χ2n) is 5.29. The van der Waals surface area contributed by atoms with Gasteiger partial charge in [-0.2, -0.15) is 11.8 Å². The highest BCUT2D eigenvalue weighted by Crippen LogP contribution is 2.26. The SMILES string of the molecule is CCSCCCn1c(C)c(C)c2cc(CNC)ccc21. The molecule has 1 heterocycles. The van der Waals surface area contributed by atoms with Gasteiger partial charge in [0.1, 0.15) is 0 Å². The van der Waals surface area contributed by atoms with Crippen LogP contribution in [-0.4, -0.2) is 23.1 Å². The summed E-state index contributed by atoms with van der Waals surface area (Å²) in [4.78, 5) is 0. The fourth-order valence-electron chi connectivity index (χ4n) is 2.77. The third-order valence-corrected chi connectivity index (χ3v) is 4.94. The van der Waals surface area contributed by atoms with Gasteiger partial charge in [0.05, 0.1) is 0 Å². The number of nitrogens with one attached hydrogen (secondary N) is 1. The molecule has 2 nitrogen and oxygen atoms in total. The van der Waals surface area contributed by atoms with Gasteiger partial charge in [-0.3, -0.25) is 0 Å². The van der Waals surface area contributed by atoms with E-state index in [-0.39, 0.29) is 0 Å². The maximum absolute atomic E-state index is 3.23. The van der Waals surface area contributed by atoms with E-state index in [0.29, 0.717) is 0 Å². The lowest BCUT2D eigenvalue weighted by molar-refractivity contribution is 0.689. The Morgan fingerprint density at radius 2 is 2.05 bits per heavy atom. The molecule has 0 aliphatic carbocycles. The number of hydrogen-bond acceptors (Lipinski definition) is 2. The van der Waals surface area contributed by atoms with Crippen molar-refractivity contribution in [2.24, 2.45) is 0 Å². The van der Waals surface area contributed by atoms with E-state index in [1.807, 2.05) is 18.8 Å². The molecule has 0 radical (unpaired) electrons. The predicted molar refractivity (Wildman–Crippen MR) is 91.8 cm³/mol. The molecule has 0 amide bonds. The van der Waals surface area contributed by atoms with Crippen molar-refractivity contribution in [2.75, 3.05) is 18.6 Å². The van der Waals surface area contributed by atoms with E-state index < -0.39 is 0 Å². The summed E-state index contributed by atoms with van der Waals surface area (Å²) in [5, 5.41) is 4.64. The van der Waals surface area contributed by atoms with Gasteiger partial charge >= 0.3 is 0 Å². The van der Waals surface area contributed by atoms with Crippen molar-refractivity contribution in [3.63, 3.8) is 0 Å². The molecule has 0 fully saturated rings. The van der Waals surface area contributed by atoms with Crippen LogP contribution in [0.3, 0.4) is 0 Å². The minimum absolute atomic E-state index is 0.937. The molecule has 2 aromatic rings. The summed E-state index contributed by atoms with van der Waals surface area (Å²) in [7, 11) is 2.00. The molecule has 1 aromatic heterocycles. The van der Waals surface area contributed by atoms with Crippen molar-refractivity contribution in [3.05, 3.63) is 35.0 Å². The predicted octanol–water partition coefficient (Wildman–Crippen LogP) is 4.12. The first-order chi connectivity index (χ1) is 9.69. The highest BCUT2D eigenvalue weighted by Gasteiger charge is 2.10. The quantitative estimate of drug-likeness (QED) is 0.773. The monoisotopic (exact) mass is 290 g/mol. The maximum atomic E-state index is 3.23. The topological polar surface area (TPSA) is 17.0 Å². The van der Waals surface area contributed by atoms with Gasteiger partial charge in [0.25, 0.3) is 0 Å². The van der Waals surface area contributed by atoms with Crippen LogP contribution in [0.2, 0.25) is 0 Å². The summed E-state index contributed by atoms with van der Waals surface area (Å²) in [6.07, 6.45) is 1.25. The lowest BCUT2D eigenvalue weighted by Gasteiger charge is -2.08. The Balaban J connectivity index is 2.28. The number of aromatic nitrogens is 1. The first kappa shape index (κ1) is 15.5. The molecule has 3 heteroatoms. The second kappa shape index (κ2) is 7.19. The zero-order valence-electron chi connectivity index (χ0n) is 13.1. The van der Waals surface area contributed by atoms with Gasteiger partial charge in [-0.1, -0.05) is 13.0 Å².